The Bertz CT molecular complexity index is 349. The van der Waals surface area contributed by atoms with Crippen molar-refractivity contribution in [2.24, 2.45) is 5.92 Å². The Hall–Kier alpha value is -1.08. The molecule has 4 heteroatoms. The molecule has 100 valence electrons. The molecular formula is C14H23N3O. The van der Waals surface area contributed by atoms with E-state index in [4.69, 9.17) is 0 Å². The SMILES string of the molecule is CNC1(C#N)CCC(C(=O)N(C)C2CCC2)CC1. The molecular weight excluding hydrogens is 226 g/mol. The molecule has 0 radical (unpaired) electrons. The third-order valence-corrected chi connectivity index (χ3v) is 4.85. The summed E-state index contributed by atoms with van der Waals surface area (Å²) < 4.78 is 0. The third-order valence-electron chi connectivity index (χ3n) is 4.85. The van der Waals surface area contributed by atoms with E-state index in [1.165, 1.54) is 6.42 Å². The van der Waals surface area contributed by atoms with Crippen molar-refractivity contribution in [3.05, 3.63) is 0 Å². The number of nitrogens with one attached hydrogen (secondary N) is 1. The van der Waals surface area contributed by atoms with E-state index in [2.05, 4.69) is 11.4 Å². The smallest absolute Gasteiger partial charge is 0.225 e. The van der Waals surface area contributed by atoms with Crippen LogP contribution in [0.4, 0.5) is 0 Å². The van der Waals surface area contributed by atoms with E-state index in [1.54, 1.807) is 0 Å². The topological polar surface area (TPSA) is 56.1 Å². The third kappa shape index (κ3) is 2.37. The standard InChI is InChI=1S/C14H23N3O/c1-16-14(10-15)8-6-11(7-9-14)13(18)17(2)12-4-3-5-12/h11-12,16H,3-9H2,1-2H3. The number of carbonyl (C=O) groups excluding carboxylic acids is 1. The second kappa shape index (κ2) is 5.27. The Labute approximate surface area is 109 Å². The van der Waals surface area contributed by atoms with Crippen LogP contribution in [0.25, 0.3) is 0 Å². The Morgan fingerprint density at radius 1 is 1.33 bits per heavy atom. The fourth-order valence-corrected chi connectivity index (χ4v) is 3.02. The molecule has 2 saturated carbocycles. The van der Waals surface area contributed by atoms with Crippen molar-refractivity contribution in [3.8, 4) is 6.07 Å². The summed E-state index contributed by atoms with van der Waals surface area (Å²) in [6.45, 7) is 0. The van der Waals surface area contributed by atoms with E-state index in [-0.39, 0.29) is 5.92 Å². The highest BCUT2D eigenvalue weighted by atomic mass is 16.2. The Morgan fingerprint density at radius 3 is 2.33 bits per heavy atom. The van der Waals surface area contributed by atoms with E-state index in [1.807, 2.05) is 19.0 Å². The van der Waals surface area contributed by atoms with Gasteiger partial charge in [-0.3, -0.25) is 4.79 Å². The lowest BCUT2D eigenvalue weighted by Crippen LogP contribution is -2.49. The molecule has 0 aromatic rings. The van der Waals surface area contributed by atoms with Crippen LogP contribution in [-0.2, 0) is 4.79 Å². The van der Waals surface area contributed by atoms with Crippen molar-refractivity contribution in [3.63, 3.8) is 0 Å². The van der Waals surface area contributed by atoms with Crippen LogP contribution in [0.3, 0.4) is 0 Å². The average molecular weight is 249 g/mol. The largest absolute Gasteiger partial charge is 0.343 e. The maximum absolute atomic E-state index is 12.3. The molecule has 0 spiro atoms. The predicted molar refractivity (Wildman–Crippen MR) is 69.8 cm³/mol. The van der Waals surface area contributed by atoms with E-state index in [0.29, 0.717) is 11.9 Å². The van der Waals surface area contributed by atoms with E-state index >= 15 is 0 Å². The van der Waals surface area contributed by atoms with Gasteiger partial charge in [0.05, 0.1) is 6.07 Å². The zero-order valence-corrected chi connectivity index (χ0v) is 11.4. The predicted octanol–water partition coefficient (Wildman–Crippen LogP) is 1.67. The second-order valence-electron chi connectivity index (χ2n) is 5.75. The lowest BCUT2D eigenvalue weighted by molar-refractivity contribution is -0.139. The molecule has 2 aliphatic rings. The van der Waals surface area contributed by atoms with Crippen molar-refractivity contribution >= 4 is 5.91 Å². The lowest BCUT2D eigenvalue weighted by atomic mass is 9.76. The summed E-state index contributed by atoms with van der Waals surface area (Å²) in [7, 11) is 3.78. The van der Waals surface area contributed by atoms with Gasteiger partial charge in [0, 0.05) is 19.0 Å². The first-order valence-electron chi connectivity index (χ1n) is 6.99. The van der Waals surface area contributed by atoms with E-state index in [9.17, 15) is 10.1 Å². The van der Waals surface area contributed by atoms with Crippen molar-refractivity contribution < 1.29 is 4.79 Å². The number of carbonyl (C=O) groups is 1. The minimum atomic E-state index is -0.397. The van der Waals surface area contributed by atoms with Crippen LogP contribution >= 0.6 is 0 Å². The first-order valence-corrected chi connectivity index (χ1v) is 6.99. The molecule has 0 bridgehead atoms. The number of hydrogen-bond acceptors (Lipinski definition) is 3. The molecule has 2 fully saturated rings. The highest BCUT2D eigenvalue weighted by Crippen LogP contribution is 2.34. The highest BCUT2D eigenvalue weighted by Gasteiger charge is 2.38. The number of amides is 1. The fourth-order valence-electron chi connectivity index (χ4n) is 3.02. The van der Waals surface area contributed by atoms with Crippen LogP contribution in [0.15, 0.2) is 0 Å². The van der Waals surface area contributed by atoms with Gasteiger partial charge < -0.3 is 10.2 Å². The lowest BCUT2D eigenvalue weighted by Gasteiger charge is -2.39. The summed E-state index contributed by atoms with van der Waals surface area (Å²) in [6.07, 6.45) is 6.82. The van der Waals surface area contributed by atoms with Crippen molar-refractivity contribution in [1.29, 1.82) is 5.26 Å². The van der Waals surface area contributed by atoms with Gasteiger partial charge in [0.2, 0.25) is 5.91 Å². The van der Waals surface area contributed by atoms with Crippen LogP contribution in [0, 0.1) is 17.2 Å². The number of nitrogens with zero attached hydrogens (tertiary/aromatic N) is 2. The maximum atomic E-state index is 12.3. The summed E-state index contributed by atoms with van der Waals surface area (Å²) in [6, 6.07) is 2.84. The number of hydrogen-bond donors (Lipinski definition) is 1. The summed E-state index contributed by atoms with van der Waals surface area (Å²) >= 11 is 0. The van der Waals surface area contributed by atoms with Crippen LogP contribution < -0.4 is 5.32 Å². The molecule has 0 saturated heterocycles. The van der Waals surface area contributed by atoms with Gasteiger partial charge in [-0.2, -0.15) is 5.26 Å². The summed E-state index contributed by atoms with van der Waals surface area (Å²) in [5, 5.41) is 12.3. The van der Waals surface area contributed by atoms with Crippen LogP contribution in [0.2, 0.25) is 0 Å². The zero-order valence-electron chi connectivity index (χ0n) is 11.4. The minimum Gasteiger partial charge on any atom is -0.343 e. The molecule has 4 nitrogen and oxygen atoms in total. The van der Waals surface area contributed by atoms with Crippen molar-refractivity contribution in [1.82, 2.24) is 10.2 Å². The van der Waals surface area contributed by atoms with Gasteiger partial charge in [-0.05, 0) is 52.0 Å². The van der Waals surface area contributed by atoms with Gasteiger partial charge in [0.1, 0.15) is 5.54 Å². The number of nitriles is 1. The molecule has 1 amide bonds. The normalized spacial score (nSPS) is 32.4. The molecule has 2 aliphatic carbocycles. The molecule has 2 rings (SSSR count). The van der Waals surface area contributed by atoms with Crippen LogP contribution in [0.1, 0.15) is 44.9 Å². The summed E-state index contributed by atoms with van der Waals surface area (Å²) in [5.74, 6) is 0.424. The molecule has 1 N–H and O–H groups in total. The zero-order chi connectivity index (χ0) is 13.2. The highest BCUT2D eigenvalue weighted by molar-refractivity contribution is 5.79. The maximum Gasteiger partial charge on any atom is 0.225 e. The molecule has 0 atom stereocenters. The monoisotopic (exact) mass is 249 g/mol. The van der Waals surface area contributed by atoms with E-state index in [0.717, 1.165) is 38.5 Å². The van der Waals surface area contributed by atoms with Crippen LogP contribution in [0.5, 0.6) is 0 Å². The molecule has 18 heavy (non-hydrogen) atoms. The van der Waals surface area contributed by atoms with Gasteiger partial charge >= 0.3 is 0 Å². The molecule has 0 aromatic carbocycles. The Balaban J connectivity index is 1.89. The van der Waals surface area contributed by atoms with Gasteiger partial charge in [-0.15, -0.1) is 0 Å². The van der Waals surface area contributed by atoms with Gasteiger partial charge in [-0.25, -0.2) is 0 Å². The Kier molecular flexibility index (Phi) is 3.91. The van der Waals surface area contributed by atoms with Crippen LogP contribution in [-0.4, -0.2) is 36.5 Å². The molecule has 0 unspecified atom stereocenters. The number of rotatable bonds is 3. The van der Waals surface area contributed by atoms with Crippen molar-refractivity contribution in [2.45, 2.75) is 56.5 Å². The quantitative estimate of drug-likeness (QED) is 0.827. The Morgan fingerprint density at radius 2 is 1.94 bits per heavy atom. The molecule has 0 heterocycles. The van der Waals surface area contributed by atoms with Crippen molar-refractivity contribution in [2.75, 3.05) is 14.1 Å². The molecule has 0 aromatic heterocycles. The average Bonchev–Trinajstić information content (AvgIpc) is 2.36. The minimum absolute atomic E-state index is 0.130. The first kappa shape index (κ1) is 13.4. The summed E-state index contributed by atoms with van der Waals surface area (Å²) in [5.41, 5.74) is -0.397. The first-order chi connectivity index (χ1) is 8.62. The second-order valence-corrected chi connectivity index (χ2v) is 5.75. The van der Waals surface area contributed by atoms with Gasteiger partial charge in [0.25, 0.3) is 0 Å². The summed E-state index contributed by atoms with van der Waals surface area (Å²) in [4.78, 5) is 14.3. The van der Waals surface area contributed by atoms with E-state index < -0.39 is 5.54 Å². The van der Waals surface area contributed by atoms with Gasteiger partial charge in [0.15, 0.2) is 0 Å². The van der Waals surface area contributed by atoms with Gasteiger partial charge in [-0.1, -0.05) is 0 Å². The fraction of sp³-hybridized carbons (Fsp3) is 0.857. The molecule has 0 aliphatic heterocycles.